The van der Waals surface area contributed by atoms with Gasteiger partial charge < -0.3 is 16.4 Å². The van der Waals surface area contributed by atoms with E-state index in [1.807, 2.05) is 13.8 Å². The second-order valence-corrected chi connectivity index (χ2v) is 7.12. The number of nitrogens with two attached hydrogens (primary N) is 1. The third-order valence-electron chi connectivity index (χ3n) is 3.98. The van der Waals surface area contributed by atoms with Crippen molar-refractivity contribution in [1.29, 1.82) is 0 Å². The summed E-state index contributed by atoms with van der Waals surface area (Å²) in [5.74, 6) is -0.586. The largest absolute Gasteiger partial charge is 0.353 e. The van der Waals surface area contributed by atoms with Gasteiger partial charge in [0, 0.05) is 17.8 Å². The molecule has 1 unspecified atom stereocenters. The van der Waals surface area contributed by atoms with E-state index in [0.29, 0.717) is 12.2 Å². The minimum absolute atomic E-state index is 0. The van der Waals surface area contributed by atoms with Crippen LogP contribution >= 0.6 is 24.2 Å². The van der Waals surface area contributed by atoms with E-state index in [9.17, 15) is 14.0 Å². The zero-order chi connectivity index (χ0) is 18.2. The lowest BCUT2D eigenvalue weighted by Gasteiger charge is -2.27. The van der Waals surface area contributed by atoms with Gasteiger partial charge in [-0.3, -0.25) is 9.59 Å². The molecule has 1 aromatic carbocycles. The number of rotatable bonds is 9. The minimum atomic E-state index is -0.389. The van der Waals surface area contributed by atoms with Crippen molar-refractivity contribution >= 4 is 41.7 Å². The lowest BCUT2D eigenvalue weighted by molar-refractivity contribution is -0.120. The first kappa shape index (κ1) is 23.7. The summed E-state index contributed by atoms with van der Waals surface area (Å²) in [6.45, 7) is 6.16. The Hall–Kier alpha value is -1.31. The van der Waals surface area contributed by atoms with Gasteiger partial charge in [0.15, 0.2) is 0 Å². The molecule has 0 aliphatic carbocycles. The SMILES string of the molecule is CCC(N)(CC)CNC(=O)C(C)SCC(=O)Nc1ccc(F)cc1.Cl. The zero-order valence-electron chi connectivity index (χ0n) is 14.8. The number of nitrogens with one attached hydrogen (secondary N) is 2. The summed E-state index contributed by atoms with van der Waals surface area (Å²) in [5, 5.41) is 5.15. The second kappa shape index (κ2) is 11.3. The van der Waals surface area contributed by atoms with Crippen LogP contribution in [-0.2, 0) is 9.59 Å². The van der Waals surface area contributed by atoms with Crippen molar-refractivity contribution in [1.82, 2.24) is 5.32 Å². The third kappa shape index (κ3) is 8.56. The first-order valence-corrected chi connectivity index (χ1v) is 9.08. The van der Waals surface area contributed by atoms with Gasteiger partial charge in [-0.05, 0) is 44.0 Å². The zero-order valence-corrected chi connectivity index (χ0v) is 16.4. The number of carbonyl (C=O) groups excluding carboxylic acids is 2. The molecule has 5 nitrogen and oxygen atoms in total. The van der Waals surface area contributed by atoms with Crippen molar-refractivity contribution in [3.05, 3.63) is 30.1 Å². The fourth-order valence-electron chi connectivity index (χ4n) is 1.91. The second-order valence-electron chi connectivity index (χ2n) is 5.80. The van der Waals surface area contributed by atoms with Gasteiger partial charge in [0.25, 0.3) is 0 Å². The molecule has 4 N–H and O–H groups in total. The number of halogens is 2. The van der Waals surface area contributed by atoms with Crippen LogP contribution in [0.15, 0.2) is 24.3 Å². The number of thioether (sulfide) groups is 1. The van der Waals surface area contributed by atoms with E-state index in [0.717, 1.165) is 12.8 Å². The summed E-state index contributed by atoms with van der Waals surface area (Å²) in [5.41, 5.74) is 6.29. The Balaban J connectivity index is 0.00000576. The first-order chi connectivity index (χ1) is 11.3. The maximum absolute atomic E-state index is 12.8. The quantitative estimate of drug-likeness (QED) is 0.604. The standard InChI is InChI=1S/C17H26FN3O2S.ClH/c1-4-17(19,5-2)11-20-16(23)12(3)24-10-15(22)21-14-8-6-13(18)7-9-14;/h6-9,12H,4-5,10-11,19H2,1-3H3,(H,20,23)(H,21,22);1H. The van der Waals surface area contributed by atoms with Gasteiger partial charge in [0.05, 0.1) is 11.0 Å². The fourth-order valence-corrected chi connectivity index (χ4v) is 2.62. The molecule has 0 fully saturated rings. The van der Waals surface area contributed by atoms with Crippen molar-refractivity contribution in [2.24, 2.45) is 5.73 Å². The predicted octanol–water partition coefficient (Wildman–Crippen LogP) is 2.94. The van der Waals surface area contributed by atoms with Crippen LogP contribution in [-0.4, -0.2) is 34.9 Å². The molecular weight excluding hydrogens is 365 g/mol. The van der Waals surface area contributed by atoms with E-state index in [4.69, 9.17) is 5.73 Å². The lowest BCUT2D eigenvalue weighted by atomic mass is 9.94. The summed E-state index contributed by atoms with van der Waals surface area (Å²) >= 11 is 1.24. The lowest BCUT2D eigenvalue weighted by Crippen LogP contribution is -2.50. The molecule has 1 rings (SSSR count). The molecule has 0 saturated carbocycles. The summed E-state index contributed by atoms with van der Waals surface area (Å²) in [7, 11) is 0. The van der Waals surface area contributed by atoms with Crippen LogP contribution in [0.25, 0.3) is 0 Å². The van der Waals surface area contributed by atoms with Crippen molar-refractivity contribution in [3.8, 4) is 0 Å². The van der Waals surface area contributed by atoms with Gasteiger partial charge >= 0.3 is 0 Å². The van der Waals surface area contributed by atoms with Crippen LogP contribution in [0.4, 0.5) is 10.1 Å². The molecular formula is C17H27ClFN3O2S. The Bertz CT molecular complexity index is 553. The highest BCUT2D eigenvalue weighted by atomic mass is 35.5. The Morgan fingerprint density at radius 2 is 1.80 bits per heavy atom. The number of amides is 2. The maximum atomic E-state index is 12.8. The molecule has 1 atom stereocenters. The topological polar surface area (TPSA) is 84.2 Å². The molecule has 0 heterocycles. The van der Waals surface area contributed by atoms with Crippen molar-refractivity contribution in [3.63, 3.8) is 0 Å². The van der Waals surface area contributed by atoms with E-state index in [-0.39, 0.29) is 46.6 Å². The van der Waals surface area contributed by atoms with Crippen LogP contribution in [0.3, 0.4) is 0 Å². The van der Waals surface area contributed by atoms with Gasteiger partial charge in [-0.25, -0.2) is 4.39 Å². The normalized spacial score (nSPS) is 12.0. The van der Waals surface area contributed by atoms with Crippen LogP contribution in [0.1, 0.15) is 33.6 Å². The van der Waals surface area contributed by atoms with Crippen LogP contribution in [0, 0.1) is 5.82 Å². The van der Waals surface area contributed by atoms with E-state index >= 15 is 0 Å². The molecule has 0 spiro atoms. The molecule has 142 valence electrons. The van der Waals surface area contributed by atoms with E-state index in [2.05, 4.69) is 10.6 Å². The van der Waals surface area contributed by atoms with Crippen LogP contribution in [0.2, 0.25) is 0 Å². The number of hydrogen-bond donors (Lipinski definition) is 3. The average Bonchev–Trinajstić information content (AvgIpc) is 2.59. The Morgan fingerprint density at radius 1 is 1.24 bits per heavy atom. The molecule has 0 saturated heterocycles. The van der Waals surface area contributed by atoms with E-state index in [1.54, 1.807) is 6.92 Å². The Morgan fingerprint density at radius 3 is 2.32 bits per heavy atom. The van der Waals surface area contributed by atoms with Gasteiger partial charge in [-0.15, -0.1) is 24.2 Å². The Kier molecular flexibility index (Phi) is 10.7. The van der Waals surface area contributed by atoms with Crippen LogP contribution in [0.5, 0.6) is 0 Å². The number of benzene rings is 1. The highest BCUT2D eigenvalue weighted by molar-refractivity contribution is 8.01. The average molecular weight is 392 g/mol. The molecule has 2 amide bonds. The van der Waals surface area contributed by atoms with Gasteiger partial charge in [0.1, 0.15) is 5.82 Å². The highest BCUT2D eigenvalue weighted by Crippen LogP contribution is 2.14. The van der Waals surface area contributed by atoms with Gasteiger partial charge in [-0.1, -0.05) is 13.8 Å². The summed E-state index contributed by atoms with van der Waals surface area (Å²) in [6, 6.07) is 5.54. The summed E-state index contributed by atoms with van der Waals surface area (Å²) in [6.07, 6.45) is 1.57. The molecule has 0 bridgehead atoms. The number of carbonyl (C=O) groups is 2. The molecule has 0 aliphatic rings. The molecule has 0 radical (unpaired) electrons. The minimum Gasteiger partial charge on any atom is -0.353 e. The highest BCUT2D eigenvalue weighted by Gasteiger charge is 2.23. The Labute approximate surface area is 159 Å². The summed E-state index contributed by atoms with van der Waals surface area (Å²) < 4.78 is 12.8. The maximum Gasteiger partial charge on any atom is 0.234 e. The smallest absolute Gasteiger partial charge is 0.234 e. The third-order valence-corrected chi connectivity index (χ3v) is 5.13. The van der Waals surface area contributed by atoms with E-state index in [1.165, 1.54) is 36.0 Å². The van der Waals surface area contributed by atoms with Crippen molar-refractivity contribution in [2.45, 2.75) is 44.4 Å². The van der Waals surface area contributed by atoms with Gasteiger partial charge in [-0.2, -0.15) is 0 Å². The molecule has 25 heavy (non-hydrogen) atoms. The molecule has 1 aromatic rings. The number of hydrogen-bond acceptors (Lipinski definition) is 4. The van der Waals surface area contributed by atoms with Crippen LogP contribution < -0.4 is 16.4 Å². The predicted molar refractivity (Wildman–Crippen MR) is 105 cm³/mol. The fraction of sp³-hybridized carbons (Fsp3) is 0.529. The number of anilines is 1. The molecule has 8 heteroatoms. The van der Waals surface area contributed by atoms with E-state index < -0.39 is 0 Å². The van der Waals surface area contributed by atoms with Crippen molar-refractivity contribution < 1.29 is 14.0 Å². The first-order valence-electron chi connectivity index (χ1n) is 8.03. The van der Waals surface area contributed by atoms with Gasteiger partial charge in [0.2, 0.25) is 11.8 Å². The molecule has 0 aliphatic heterocycles. The monoisotopic (exact) mass is 391 g/mol. The molecule has 0 aromatic heterocycles. The summed E-state index contributed by atoms with van der Waals surface area (Å²) in [4.78, 5) is 23.9. The van der Waals surface area contributed by atoms with Crippen molar-refractivity contribution in [2.75, 3.05) is 17.6 Å².